The van der Waals surface area contributed by atoms with Crippen LogP contribution in [0.3, 0.4) is 0 Å². The number of thiophene rings is 1. The smallest absolute Gasteiger partial charge is 0.337 e. The number of rotatable bonds is 5. The zero-order chi connectivity index (χ0) is 13.8. The minimum absolute atomic E-state index is 0.374. The summed E-state index contributed by atoms with van der Waals surface area (Å²) in [5.74, 6) is -0.872. The van der Waals surface area contributed by atoms with E-state index in [9.17, 15) is 9.90 Å². The predicted molar refractivity (Wildman–Crippen MR) is 79.2 cm³/mol. The maximum atomic E-state index is 11.4. The molecule has 0 spiro atoms. The van der Waals surface area contributed by atoms with Crippen LogP contribution in [-0.2, 0) is 6.54 Å². The van der Waals surface area contributed by atoms with E-state index in [0.717, 1.165) is 24.3 Å². The summed E-state index contributed by atoms with van der Waals surface area (Å²) in [5, 5.41) is 11.4. The van der Waals surface area contributed by atoms with E-state index in [1.54, 1.807) is 17.4 Å². The first-order chi connectivity index (χ1) is 9.11. The SMILES string of the molecule is CCN(Cc1cccs1)c1ccc(C)cc1C(=O)O. The van der Waals surface area contributed by atoms with Crippen molar-refractivity contribution < 1.29 is 9.90 Å². The van der Waals surface area contributed by atoms with Gasteiger partial charge in [-0.2, -0.15) is 0 Å². The quantitative estimate of drug-likeness (QED) is 0.902. The van der Waals surface area contributed by atoms with Gasteiger partial charge < -0.3 is 10.0 Å². The Morgan fingerprint density at radius 3 is 2.74 bits per heavy atom. The molecule has 2 aromatic rings. The molecule has 0 fully saturated rings. The predicted octanol–water partition coefficient (Wildman–Crippen LogP) is 3.78. The van der Waals surface area contributed by atoms with Crippen LogP contribution in [-0.4, -0.2) is 17.6 Å². The third kappa shape index (κ3) is 3.15. The van der Waals surface area contributed by atoms with Crippen molar-refractivity contribution in [3.63, 3.8) is 0 Å². The number of anilines is 1. The van der Waals surface area contributed by atoms with Gasteiger partial charge in [-0.25, -0.2) is 4.79 Å². The molecule has 100 valence electrons. The van der Waals surface area contributed by atoms with Crippen LogP contribution in [0.4, 0.5) is 5.69 Å². The van der Waals surface area contributed by atoms with Crippen LogP contribution in [0.2, 0.25) is 0 Å². The molecule has 0 saturated carbocycles. The van der Waals surface area contributed by atoms with Gasteiger partial charge in [0.05, 0.1) is 17.8 Å². The lowest BCUT2D eigenvalue weighted by atomic mass is 10.1. The van der Waals surface area contributed by atoms with E-state index >= 15 is 0 Å². The molecule has 3 nitrogen and oxygen atoms in total. The number of hydrogen-bond donors (Lipinski definition) is 1. The van der Waals surface area contributed by atoms with Crippen LogP contribution < -0.4 is 4.90 Å². The molecule has 0 aliphatic heterocycles. The van der Waals surface area contributed by atoms with E-state index in [2.05, 4.69) is 11.0 Å². The topological polar surface area (TPSA) is 40.5 Å². The Bertz CT molecular complexity index is 564. The first kappa shape index (κ1) is 13.6. The van der Waals surface area contributed by atoms with Crippen molar-refractivity contribution in [3.05, 3.63) is 51.7 Å². The van der Waals surface area contributed by atoms with E-state index in [1.807, 2.05) is 37.4 Å². The van der Waals surface area contributed by atoms with E-state index in [0.29, 0.717) is 5.56 Å². The highest BCUT2D eigenvalue weighted by molar-refractivity contribution is 7.09. The summed E-state index contributed by atoms with van der Waals surface area (Å²) in [6.45, 7) is 5.48. The lowest BCUT2D eigenvalue weighted by Crippen LogP contribution is -2.23. The molecule has 0 radical (unpaired) electrons. The number of hydrogen-bond acceptors (Lipinski definition) is 3. The van der Waals surface area contributed by atoms with Crippen LogP contribution in [0.25, 0.3) is 0 Å². The molecule has 1 N–H and O–H groups in total. The van der Waals surface area contributed by atoms with Crippen molar-refractivity contribution >= 4 is 23.0 Å². The Hall–Kier alpha value is -1.81. The van der Waals surface area contributed by atoms with Gasteiger partial charge >= 0.3 is 5.97 Å². The Morgan fingerprint density at radius 2 is 2.16 bits per heavy atom. The molecular formula is C15H17NO2S. The number of carboxylic acids is 1. The maximum Gasteiger partial charge on any atom is 0.337 e. The Labute approximate surface area is 117 Å². The normalized spacial score (nSPS) is 10.4. The van der Waals surface area contributed by atoms with Crippen molar-refractivity contribution in [1.82, 2.24) is 0 Å². The molecule has 2 rings (SSSR count). The largest absolute Gasteiger partial charge is 0.478 e. The van der Waals surface area contributed by atoms with Gasteiger partial charge in [-0.05, 0) is 37.4 Å². The van der Waals surface area contributed by atoms with Gasteiger partial charge in [0.15, 0.2) is 0 Å². The van der Waals surface area contributed by atoms with Crippen LogP contribution in [0.5, 0.6) is 0 Å². The van der Waals surface area contributed by atoms with E-state index < -0.39 is 5.97 Å². The molecule has 4 heteroatoms. The van der Waals surface area contributed by atoms with Gasteiger partial charge in [0.25, 0.3) is 0 Å². The highest BCUT2D eigenvalue weighted by atomic mass is 32.1. The monoisotopic (exact) mass is 275 g/mol. The second kappa shape index (κ2) is 5.89. The summed E-state index contributed by atoms with van der Waals surface area (Å²) in [6, 6.07) is 9.67. The standard InChI is InChI=1S/C15H17NO2S/c1-3-16(10-12-5-4-8-19-12)14-7-6-11(2)9-13(14)15(17)18/h4-9H,3,10H2,1-2H3,(H,17,18). The van der Waals surface area contributed by atoms with Crippen LogP contribution in [0.15, 0.2) is 35.7 Å². The van der Waals surface area contributed by atoms with Gasteiger partial charge in [0.2, 0.25) is 0 Å². The summed E-state index contributed by atoms with van der Waals surface area (Å²) >= 11 is 1.69. The van der Waals surface area contributed by atoms with Crippen LogP contribution >= 0.6 is 11.3 Å². The molecule has 0 aliphatic rings. The lowest BCUT2D eigenvalue weighted by molar-refractivity contribution is 0.0697. The fraction of sp³-hybridized carbons (Fsp3) is 0.267. The summed E-state index contributed by atoms with van der Waals surface area (Å²) in [6.07, 6.45) is 0. The highest BCUT2D eigenvalue weighted by Gasteiger charge is 2.15. The van der Waals surface area contributed by atoms with Crippen LogP contribution in [0, 0.1) is 6.92 Å². The molecular weight excluding hydrogens is 258 g/mol. The Kier molecular flexibility index (Phi) is 4.22. The van der Waals surface area contributed by atoms with E-state index in [4.69, 9.17) is 0 Å². The van der Waals surface area contributed by atoms with Crippen molar-refractivity contribution in [2.24, 2.45) is 0 Å². The van der Waals surface area contributed by atoms with Gasteiger partial charge in [-0.15, -0.1) is 11.3 Å². The summed E-state index contributed by atoms with van der Waals surface area (Å²) in [7, 11) is 0. The number of aromatic carboxylic acids is 1. The highest BCUT2D eigenvalue weighted by Crippen LogP contribution is 2.25. The van der Waals surface area contributed by atoms with Gasteiger partial charge in [-0.1, -0.05) is 17.7 Å². The van der Waals surface area contributed by atoms with Crippen molar-refractivity contribution in [2.75, 3.05) is 11.4 Å². The first-order valence-corrected chi connectivity index (χ1v) is 7.11. The number of carbonyl (C=O) groups is 1. The number of benzene rings is 1. The van der Waals surface area contributed by atoms with Gasteiger partial charge in [0, 0.05) is 11.4 Å². The second-order valence-electron chi connectivity index (χ2n) is 4.42. The Balaban J connectivity index is 2.35. The second-order valence-corrected chi connectivity index (χ2v) is 5.45. The maximum absolute atomic E-state index is 11.4. The number of carboxylic acid groups (broad SMARTS) is 1. The molecule has 1 aromatic heterocycles. The molecule has 0 saturated heterocycles. The average molecular weight is 275 g/mol. The lowest BCUT2D eigenvalue weighted by Gasteiger charge is -2.24. The first-order valence-electron chi connectivity index (χ1n) is 6.23. The minimum atomic E-state index is -0.872. The number of nitrogens with zero attached hydrogens (tertiary/aromatic N) is 1. The average Bonchev–Trinajstić information content (AvgIpc) is 2.89. The molecule has 0 bridgehead atoms. The fourth-order valence-corrected chi connectivity index (χ4v) is 2.77. The Morgan fingerprint density at radius 1 is 1.37 bits per heavy atom. The zero-order valence-electron chi connectivity index (χ0n) is 11.1. The molecule has 1 heterocycles. The molecule has 0 aliphatic carbocycles. The van der Waals surface area contributed by atoms with Gasteiger partial charge in [-0.3, -0.25) is 0 Å². The summed E-state index contributed by atoms with van der Waals surface area (Å²) in [4.78, 5) is 14.7. The van der Waals surface area contributed by atoms with E-state index in [1.165, 1.54) is 4.88 Å². The van der Waals surface area contributed by atoms with Crippen molar-refractivity contribution in [1.29, 1.82) is 0 Å². The molecule has 19 heavy (non-hydrogen) atoms. The molecule has 0 amide bonds. The summed E-state index contributed by atoms with van der Waals surface area (Å²) < 4.78 is 0. The van der Waals surface area contributed by atoms with Crippen molar-refractivity contribution in [2.45, 2.75) is 20.4 Å². The van der Waals surface area contributed by atoms with Crippen LogP contribution in [0.1, 0.15) is 27.7 Å². The third-order valence-electron chi connectivity index (χ3n) is 3.03. The van der Waals surface area contributed by atoms with Crippen molar-refractivity contribution in [3.8, 4) is 0 Å². The minimum Gasteiger partial charge on any atom is -0.478 e. The van der Waals surface area contributed by atoms with E-state index in [-0.39, 0.29) is 0 Å². The van der Waals surface area contributed by atoms with Gasteiger partial charge in [0.1, 0.15) is 0 Å². The third-order valence-corrected chi connectivity index (χ3v) is 3.89. The fourth-order valence-electron chi connectivity index (χ4n) is 2.05. The molecule has 1 aromatic carbocycles. The summed E-state index contributed by atoms with van der Waals surface area (Å²) in [5.41, 5.74) is 2.13. The zero-order valence-corrected chi connectivity index (χ0v) is 11.9. The molecule has 0 atom stereocenters. The molecule has 0 unspecified atom stereocenters. The number of aryl methyl sites for hydroxylation is 1.